The van der Waals surface area contributed by atoms with Crippen LogP contribution in [0.25, 0.3) is 10.8 Å². The van der Waals surface area contributed by atoms with Gasteiger partial charge in [0, 0.05) is 5.56 Å². The van der Waals surface area contributed by atoms with Crippen molar-refractivity contribution in [2.24, 2.45) is 16.5 Å². The van der Waals surface area contributed by atoms with E-state index >= 15 is 0 Å². The maximum absolute atomic E-state index is 12.8. The fourth-order valence-electron chi connectivity index (χ4n) is 3.06. The highest BCUT2D eigenvalue weighted by Gasteiger charge is 2.22. The van der Waals surface area contributed by atoms with Gasteiger partial charge in [-0.05, 0) is 41.5 Å². The molecule has 0 fully saturated rings. The third kappa shape index (κ3) is 5.24. The molecule has 0 spiro atoms. The van der Waals surface area contributed by atoms with Gasteiger partial charge in [0.1, 0.15) is 6.17 Å². The zero-order valence-electron chi connectivity index (χ0n) is 17.0. The molecule has 8 nitrogen and oxygen atoms in total. The molecule has 0 bridgehead atoms. The fourth-order valence-corrected chi connectivity index (χ4v) is 3.06. The summed E-state index contributed by atoms with van der Waals surface area (Å²) >= 11 is 0. The predicted octanol–water partition coefficient (Wildman–Crippen LogP) is 2.40. The zero-order valence-corrected chi connectivity index (χ0v) is 17.0. The number of carbonyl (C=O) groups excluding carboxylic acids is 3. The molecule has 0 aliphatic carbocycles. The molecule has 0 saturated carbocycles. The summed E-state index contributed by atoms with van der Waals surface area (Å²) in [6.07, 6.45) is -0.321. The highest BCUT2D eigenvalue weighted by atomic mass is 16.2. The molecule has 0 aromatic heterocycles. The Bertz CT molecular complexity index is 1170. The summed E-state index contributed by atoms with van der Waals surface area (Å²) in [6.45, 7) is 1.76. The van der Waals surface area contributed by atoms with E-state index in [4.69, 9.17) is 11.5 Å². The minimum atomic E-state index is -0.871. The van der Waals surface area contributed by atoms with E-state index in [0.29, 0.717) is 12.0 Å². The van der Waals surface area contributed by atoms with Gasteiger partial charge < -0.3 is 22.1 Å². The van der Waals surface area contributed by atoms with Crippen LogP contribution in [0.1, 0.15) is 34.1 Å². The molecule has 6 N–H and O–H groups in total. The van der Waals surface area contributed by atoms with E-state index in [1.165, 1.54) is 6.07 Å². The Morgan fingerprint density at radius 1 is 0.935 bits per heavy atom. The lowest BCUT2D eigenvalue weighted by Crippen LogP contribution is -2.40. The first-order valence-electron chi connectivity index (χ1n) is 9.72. The lowest BCUT2D eigenvalue weighted by Gasteiger charge is -2.14. The Hall–Kier alpha value is -4.20. The van der Waals surface area contributed by atoms with Gasteiger partial charge in [-0.15, -0.1) is 0 Å². The highest BCUT2D eigenvalue weighted by Crippen LogP contribution is 2.20. The first-order valence-corrected chi connectivity index (χ1v) is 9.72. The molecule has 0 aliphatic heterocycles. The minimum absolute atomic E-state index is 0.0636. The summed E-state index contributed by atoms with van der Waals surface area (Å²) in [5.41, 5.74) is 11.4. The number of anilines is 1. The Morgan fingerprint density at radius 2 is 1.61 bits per heavy atom. The molecule has 1 atom stereocenters. The first-order chi connectivity index (χ1) is 14.9. The van der Waals surface area contributed by atoms with E-state index in [0.717, 1.165) is 10.8 Å². The summed E-state index contributed by atoms with van der Waals surface area (Å²) in [5, 5.41) is 7.13. The standard InChI is InChI=1S/C23H23N5O3/c1-2-19(28-23(24)25)27-22(31)20(29)17-9-5-6-10-18(17)26-21(30)16-12-11-14-7-3-4-8-15(14)13-16/h3-13,19H,2H2,1H3,(H,26,30)(H,27,31)(H4,24,25,28). The van der Waals surface area contributed by atoms with Crippen LogP contribution in [-0.4, -0.2) is 29.7 Å². The van der Waals surface area contributed by atoms with Gasteiger partial charge in [0.2, 0.25) is 0 Å². The van der Waals surface area contributed by atoms with E-state index in [9.17, 15) is 14.4 Å². The number of fused-ring (bicyclic) bond motifs is 1. The second kappa shape index (κ2) is 9.53. The number of ketones is 1. The van der Waals surface area contributed by atoms with Crippen molar-refractivity contribution < 1.29 is 14.4 Å². The number of hydrogen-bond acceptors (Lipinski definition) is 4. The van der Waals surface area contributed by atoms with Crippen LogP contribution >= 0.6 is 0 Å². The van der Waals surface area contributed by atoms with Gasteiger partial charge in [0.05, 0.1) is 11.3 Å². The van der Waals surface area contributed by atoms with E-state index in [1.807, 2.05) is 30.3 Å². The van der Waals surface area contributed by atoms with Crippen LogP contribution in [0.4, 0.5) is 5.69 Å². The monoisotopic (exact) mass is 417 g/mol. The van der Waals surface area contributed by atoms with Crippen molar-refractivity contribution in [1.82, 2.24) is 5.32 Å². The van der Waals surface area contributed by atoms with Crippen LogP contribution in [0.5, 0.6) is 0 Å². The molecule has 31 heavy (non-hydrogen) atoms. The number of guanidine groups is 1. The number of nitrogens with zero attached hydrogens (tertiary/aromatic N) is 1. The van der Waals surface area contributed by atoms with Crippen LogP contribution in [0.3, 0.4) is 0 Å². The van der Waals surface area contributed by atoms with Crippen LogP contribution in [0, 0.1) is 0 Å². The second-order valence-corrected chi connectivity index (χ2v) is 6.84. The molecule has 0 radical (unpaired) electrons. The van der Waals surface area contributed by atoms with Gasteiger partial charge in [0.15, 0.2) is 5.96 Å². The lowest BCUT2D eigenvalue weighted by molar-refractivity contribution is -0.117. The zero-order chi connectivity index (χ0) is 22.4. The van der Waals surface area contributed by atoms with Gasteiger partial charge in [-0.2, -0.15) is 0 Å². The van der Waals surface area contributed by atoms with Crippen LogP contribution < -0.4 is 22.1 Å². The van der Waals surface area contributed by atoms with Crippen molar-refractivity contribution in [3.05, 3.63) is 77.9 Å². The molecule has 8 heteroatoms. The Labute approximate surface area is 179 Å². The molecule has 3 aromatic carbocycles. The minimum Gasteiger partial charge on any atom is -0.370 e. The lowest BCUT2D eigenvalue weighted by atomic mass is 10.1. The second-order valence-electron chi connectivity index (χ2n) is 6.84. The molecular formula is C23H23N5O3. The number of carbonyl (C=O) groups is 3. The molecule has 3 aromatic rings. The fraction of sp³-hybridized carbons (Fsp3) is 0.130. The molecule has 158 valence electrons. The van der Waals surface area contributed by atoms with Crippen molar-refractivity contribution in [2.75, 3.05) is 5.32 Å². The number of para-hydroxylation sites is 1. The number of aliphatic imine (C=N–C) groups is 1. The highest BCUT2D eigenvalue weighted by molar-refractivity contribution is 6.44. The Morgan fingerprint density at radius 3 is 2.32 bits per heavy atom. The normalized spacial score (nSPS) is 11.4. The smallest absolute Gasteiger partial charge is 0.294 e. The number of amides is 2. The molecule has 2 amide bonds. The largest absolute Gasteiger partial charge is 0.370 e. The average molecular weight is 417 g/mol. The number of nitrogens with one attached hydrogen (secondary N) is 2. The molecule has 0 heterocycles. The number of Topliss-reactive ketones (excluding diaryl/α,β-unsaturated/α-hetero) is 1. The Balaban J connectivity index is 1.80. The van der Waals surface area contributed by atoms with E-state index in [1.54, 1.807) is 37.3 Å². The predicted molar refractivity (Wildman–Crippen MR) is 121 cm³/mol. The first kappa shape index (κ1) is 21.5. The van der Waals surface area contributed by atoms with Gasteiger partial charge in [-0.3, -0.25) is 14.4 Å². The number of benzene rings is 3. The maximum Gasteiger partial charge on any atom is 0.294 e. The van der Waals surface area contributed by atoms with Gasteiger partial charge >= 0.3 is 0 Å². The van der Waals surface area contributed by atoms with E-state index < -0.39 is 23.8 Å². The van der Waals surface area contributed by atoms with Crippen molar-refractivity contribution in [3.8, 4) is 0 Å². The average Bonchev–Trinajstić information content (AvgIpc) is 2.77. The van der Waals surface area contributed by atoms with Crippen molar-refractivity contribution in [2.45, 2.75) is 19.5 Å². The molecule has 3 rings (SSSR count). The molecule has 0 aliphatic rings. The van der Waals surface area contributed by atoms with Crippen molar-refractivity contribution >= 4 is 40.0 Å². The van der Waals surface area contributed by atoms with Crippen LogP contribution in [-0.2, 0) is 4.79 Å². The third-order valence-electron chi connectivity index (χ3n) is 4.63. The number of rotatable bonds is 7. The summed E-state index contributed by atoms with van der Waals surface area (Å²) in [7, 11) is 0. The summed E-state index contributed by atoms with van der Waals surface area (Å²) < 4.78 is 0. The summed E-state index contributed by atoms with van der Waals surface area (Å²) in [5.74, 6) is -2.26. The number of hydrogen-bond donors (Lipinski definition) is 4. The topological polar surface area (TPSA) is 140 Å². The molecule has 0 saturated heterocycles. The Kier molecular flexibility index (Phi) is 6.61. The third-order valence-corrected chi connectivity index (χ3v) is 4.63. The van der Waals surface area contributed by atoms with E-state index in [2.05, 4.69) is 15.6 Å². The van der Waals surface area contributed by atoms with Crippen LogP contribution in [0.2, 0.25) is 0 Å². The van der Waals surface area contributed by atoms with Gasteiger partial charge in [-0.25, -0.2) is 4.99 Å². The van der Waals surface area contributed by atoms with Gasteiger partial charge in [0.25, 0.3) is 17.6 Å². The van der Waals surface area contributed by atoms with Crippen molar-refractivity contribution in [3.63, 3.8) is 0 Å². The van der Waals surface area contributed by atoms with Gasteiger partial charge in [-0.1, -0.05) is 49.4 Å². The summed E-state index contributed by atoms with van der Waals surface area (Å²) in [4.78, 5) is 41.8. The van der Waals surface area contributed by atoms with E-state index in [-0.39, 0.29) is 17.2 Å². The quantitative estimate of drug-likeness (QED) is 0.202. The molecule has 1 unspecified atom stereocenters. The number of nitrogens with two attached hydrogens (primary N) is 2. The van der Waals surface area contributed by atoms with Crippen molar-refractivity contribution in [1.29, 1.82) is 0 Å². The summed E-state index contributed by atoms with van der Waals surface area (Å²) in [6, 6.07) is 19.3. The maximum atomic E-state index is 12.8. The SMILES string of the molecule is CCC(N=C(N)N)NC(=O)C(=O)c1ccccc1NC(=O)c1ccc2ccccc2c1. The van der Waals surface area contributed by atoms with Crippen LogP contribution in [0.15, 0.2) is 71.7 Å². The molecular weight excluding hydrogens is 394 g/mol.